The van der Waals surface area contributed by atoms with Gasteiger partial charge < -0.3 is 14.8 Å². The first-order valence-electron chi connectivity index (χ1n) is 5.06. The summed E-state index contributed by atoms with van der Waals surface area (Å²) in [5.41, 5.74) is 0.738. The van der Waals surface area contributed by atoms with Crippen molar-refractivity contribution in [2.24, 2.45) is 0 Å². The zero-order valence-electron chi connectivity index (χ0n) is 9.08. The number of amides is 1. The Morgan fingerprint density at radius 2 is 2.28 bits per heavy atom. The molecule has 7 nitrogen and oxygen atoms in total. The highest BCUT2D eigenvalue weighted by Gasteiger charge is 2.35. The van der Waals surface area contributed by atoms with Crippen molar-refractivity contribution >= 4 is 17.5 Å². The molecule has 0 bridgehead atoms. The molecule has 1 N–H and O–H groups in total. The van der Waals surface area contributed by atoms with Gasteiger partial charge >= 0.3 is 0 Å². The van der Waals surface area contributed by atoms with Gasteiger partial charge in [0.25, 0.3) is 11.0 Å². The van der Waals surface area contributed by atoms with Gasteiger partial charge in [-0.2, -0.15) is 0 Å². The Kier molecular flexibility index (Phi) is 3.35. The normalized spacial score (nSPS) is 17.8. The van der Waals surface area contributed by atoms with Crippen LogP contribution in [0.1, 0.15) is 22.1 Å². The second-order valence-corrected chi connectivity index (χ2v) is 4.10. The minimum atomic E-state index is -1.15. The van der Waals surface area contributed by atoms with Gasteiger partial charge in [0.15, 0.2) is 6.23 Å². The highest BCUT2D eigenvalue weighted by atomic mass is 35.5. The monoisotopic (exact) mass is 272 g/mol. The number of rotatable bonds is 4. The average Bonchev–Trinajstić information content (AvgIpc) is 2.53. The topological polar surface area (TPSA) is 92.9 Å². The van der Waals surface area contributed by atoms with Crippen LogP contribution in [-0.2, 0) is 4.84 Å². The van der Waals surface area contributed by atoms with E-state index in [0.29, 0.717) is 16.1 Å². The molecule has 0 radical (unpaired) electrons. The zero-order valence-corrected chi connectivity index (χ0v) is 9.83. The molecule has 1 aromatic carbocycles. The summed E-state index contributed by atoms with van der Waals surface area (Å²) in [7, 11) is 0. The Balaban J connectivity index is 2.13. The Morgan fingerprint density at radius 3 is 2.94 bits per heavy atom. The molecule has 0 aliphatic carbocycles. The lowest BCUT2D eigenvalue weighted by Crippen LogP contribution is -2.31. The van der Waals surface area contributed by atoms with Crippen LogP contribution in [0.4, 0.5) is 0 Å². The summed E-state index contributed by atoms with van der Waals surface area (Å²) in [6.07, 6.45) is -1.15. The van der Waals surface area contributed by atoms with Crippen molar-refractivity contribution in [3.05, 3.63) is 44.5 Å². The van der Waals surface area contributed by atoms with Gasteiger partial charge in [0.2, 0.25) is 0 Å². The van der Waals surface area contributed by atoms with Gasteiger partial charge in [-0.1, -0.05) is 11.6 Å². The number of benzene rings is 1. The van der Waals surface area contributed by atoms with Gasteiger partial charge in [0, 0.05) is 22.7 Å². The van der Waals surface area contributed by atoms with E-state index < -0.39 is 17.2 Å². The first kappa shape index (κ1) is 12.6. The molecular weight excluding hydrogens is 264 g/mol. The smallest absolute Gasteiger partial charge is 0.294 e. The first-order valence-corrected chi connectivity index (χ1v) is 5.44. The lowest BCUT2D eigenvalue weighted by molar-refractivity contribution is -0.757. The summed E-state index contributed by atoms with van der Waals surface area (Å²) in [6.45, 7) is -0.370. The molecule has 0 saturated heterocycles. The van der Waals surface area contributed by atoms with E-state index >= 15 is 0 Å². The predicted molar refractivity (Wildman–Crippen MR) is 60.4 cm³/mol. The van der Waals surface area contributed by atoms with Gasteiger partial charge in [0.05, 0.1) is 0 Å². The van der Waals surface area contributed by atoms with E-state index in [-0.39, 0.29) is 13.2 Å². The zero-order chi connectivity index (χ0) is 13.3. The van der Waals surface area contributed by atoms with Crippen molar-refractivity contribution < 1.29 is 19.8 Å². The third-order valence-electron chi connectivity index (χ3n) is 2.61. The number of nitrogens with zero attached hydrogens (tertiary/aromatic N) is 2. The Hall–Kier alpha value is -1.86. The quantitative estimate of drug-likeness (QED) is 0.652. The lowest BCUT2D eigenvalue weighted by atomic mass is 10.1. The maximum absolute atomic E-state index is 11.9. The molecule has 1 aromatic rings. The van der Waals surface area contributed by atoms with Gasteiger partial charge in [-0.15, -0.1) is 10.1 Å². The molecule has 1 amide bonds. The number of carbonyl (C=O) groups is 1. The van der Waals surface area contributed by atoms with Crippen molar-refractivity contribution in [1.82, 2.24) is 4.90 Å². The van der Waals surface area contributed by atoms with E-state index in [1.807, 2.05) is 0 Å². The number of fused-ring (bicyclic) bond motifs is 1. The maximum Gasteiger partial charge on any atom is 0.294 e. The van der Waals surface area contributed by atoms with E-state index in [1.54, 1.807) is 6.07 Å². The van der Waals surface area contributed by atoms with Gasteiger partial charge in [-0.05, 0) is 18.2 Å². The first-order chi connectivity index (χ1) is 8.50. The molecule has 1 heterocycles. The predicted octanol–water partition coefficient (Wildman–Crippen LogP) is 0.995. The van der Waals surface area contributed by atoms with Crippen LogP contribution < -0.4 is 0 Å². The second-order valence-electron chi connectivity index (χ2n) is 3.66. The largest absolute Gasteiger partial charge is 0.369 e. The van der Waals surface area contributed by atoms with Crippen LogP contribution in [0, 0.1) is 10.1 Å². The molecule has 1 aliphatic rings. The summed E-state index contributed by atoms with van der Waals surface area (Å²) in [6, 6.07) is 4.55. The number of hydrogen-bond acceptors (Lipinski definition) is 5. The second kappa shape index (κ2) is 4.79. The molecular formula is C10H9ClN2O5. The highest BCUT2D eigenvalue weighted by molar-refractivity contribution is 6.30. The van der Waals surface area contributed by atoms with Crippen LogP contribution in [0.3, 0.4) is 0 Å². The molecule has 0 spiro atoms. The summed E-state index contributed by atoms with van der Waals surface area (Å²) in [5.74, 6) is -0.402. The molecule has 96 valence electrons. The average molecular weight is 273 g/mol. The highest BCUT2D eigenvalue weighted by Crippen LogP contribution is 2.33. The third-order valence-corrected chi connectivity index (χ3v) is 2.84. The molecule has 1 aliphatic heterocycles. The minimum Gasteiger partial charge on any atom is -0.369 e. The number of carbonyl (C=O) groups excluding carboxylic acids is 1. The van der Waals surface area contributed by atoms with Crippen LogP contribution in [0.2, 0.25) is 5.02 Å². The summed E-state index contributed by atoms with van der Waals surface area (Å²) < 4.78 is 0. The number of halogens is 1. The standard InChI is InChI=1S/C10H9ClN2O5/c11-6-1-2-7-8(5-6)10(15)12(9(7)14)3-4-18-13(16)17/h1-2,5,10,15H,3-4H2. The number of hydrogen-bond donors (Lipinski definition) is 1. The minimum absolute atomic E-state index is 0.0761. The van der Waals surface area contributed by atoms with Crippen molar-refractivity contribution in [3.8, 4) is 0 Å². The molecule has 0 aromatic heterocycles. The van der Waals surface area contributed by atoms with Gasteiger partial charge in [0.1, 0.15) is 6.61 Å². The van der Waals surface area contributed by atoms with Crippen LogP contribution in [0.15, 0.2) is 18.2 Å². The molecule has 0 saturated carbocycles. The summed E-state index contributed by atoms with van der Waals surface area (Å²) in [4.78, 5) is 27.1. The van der Waals surface area contributed by atoms with Gasteiger partial charge in [-0.25, -0.2) is 0 Å². The lowest BCUT2D eigenvalue weighted by Gasteiger charge is -2.19. The SMILES string of the molecule is O=C1c2ccc(Cl)cc2C(O)N1CCO[N+](=O)[O-]. The molecule has 0 fully saturated rings. The summed E-state index contributed by atoms with van der Waals surface area (Å²) in [5, 5.41) is 19.4. The molecule has 2 rings (SSSR count). The Morgan fingerprint density at radius 1 is 1.56 bits per heavy atom. The third kappa shape index (κ3) is 2.22. The molecule has 1 atom stereocenters. The van der Waals surface area contributed by atoms with E-state index in [1.165, 1.54) is 12.1 Å². The fraction of sp³-hybridized carbons (Fsp3) is 0.300. The van der Waals surface area contributed by atoms with Crippen LogP contribution in [0.25, 0.3) is 0 Å². The van der Waals surface area contributed by atoms with Gasteiger partial charge in [-0.3, -0.25) is 4.79 Å². The molecule has 18 heavy (non-hydrogen) atoms. The Bertz CT molecular complexity index is 507. The molecule has 1 unspecified atom stereocenters. The van der Waals surface area contributed by atoms with Crippen LogP contribution in [-0.4, -0.2) is 34.2 Å². The van der Waals surface area contributed by atoms with E-state index in [2.05, 4.69) is 4.84 Å². The van der Waals surface area contributed by atoms with Crippen molar-refractivity contribution in [2.75, 3.05) is 13.2 Å². The van der Waals surface area contributed by atoms with Crippen molar-refractivity contribution in [3.63, 3.8) is 0 Å². The Labute approximate surface area is 107 Å². The van der Waals surface area contributed by atoms with Crippen molar-refractivity contribution in [2.45, 2.75) is 6.23 Å². The fourth-order valence-electron chi connectivity index (χ4n) is 1.81. The molecule has 8 heteroatoms. The van der Waals surface area contributed by atoms with E-state index in [4.69, 9.17) is 11.6 Å². The fourth-order valence-corrected chi connectivity index (χ4v) is 1.99. The van der Waals surface area contributed by atoms with Crippen molar-refractivity contribution in [1.29, 1.82) is 0 Å². The number of aliphatic hydroxyl groups excluding tert-OH is 1. The van der Waals surface area contributed by atoms with E-state index in [9.17, 15) is 20.0 Å². The van der Waals surface area contributed by atoms with Crippen LogP contribution in [0.5, 0.6) is 0 Å². The van der Waals surface area contributed by atoms with Crippen LogP contribution >= 0.6 is 11.6 Å². The maximum atomic E-state index is 11.9. The van der Waals surface area contributed by atoms with E-state index in [0.717, 1.165) is 4.90 Å². The number of aliphatic hydroxyl groups is 1. The summed E-state index contributed by atoms with van der Waals surface area (Å²) >= 11 is 5.78.